The number of carbonyl (C=O) groups excluding carboxylic acids is 2. The van der Waals surface area contributed by atoms with Gasteiger partial charge in [-0.3, -0.25) is 4.79 Å². The van der Waals surface area contributed by atoms with Crippen LogP contribution in [0.1, 0.15) is 56.5 Å². The monoisotopic (exact) mass is 384 g/mol. The molecule has 0 bridgehead atoms. The summed E-state index contributed by atoms with van der Waals surface area (Å²) in [4.78, 5) is 34.4. The summed E-state index contributed by atoms with van der Waals surface area (Å²) >= 11 is 0. The van der Waals surface area contributed by atoms with Gasteiger partial charge in [0.2, 0.25) is 17.7 Å². The molecule has 1 saturated carbocycles. The number of carbonyl (C=O) groups is 3. The number of hydrogen-bond donors (Lipinski definition) is 6. The van der Waals surface area contributed by atoms with Gasteiger partial charge in [-0.2, -0.15) is 0 Å². The van der Waals surface area contributed by atoms with Crippen LogP contribution in [0.25, 0.3) is 0 Å². The van der Waals surface area contributed by atoms with Crippen molar-refractivity contribution in [2.24, 2.45) is 17.4 Å². The van der Waals surface area contributed by atoms with Gasteiger partial charge < -0.3 is 36.7 Å². The number of urea groups is 1. The van der Waals surface area contributed by atoms with Crippen molar-refractivity contribution in [3.63, 3.8) is 0 Å². The van der Waals surface area contributed by atoms with Gasteiger partial charge in [-0.05, 0) is 19.3 Å². The molecule has 12 nitrogen and oxygen atoms in total. The standard InChI is InChI=1S/C15H24N6O6/c1-6(22)11(14(24)25)19-15(26)18-9(5-10(17)23)13-21-20-12(27-13)8(16)4-7-2-3-7/h6-9,11,22H,2-5,16H2,1H3,(H2,17,23)(H,24,25)(H2,18,19,26)/t6?,8-,9+,11+/m1/s1. The molecule has 0 aliphatic heterocycles. The summed E-state index contributed by atoms with van der Waals surface area (Å²) in [6.07, 6.45) is 1.23. The van der Waals surface area contributed by atoms with Crippen molar-refractivity contribution in [2.75, 3.05) is 0 Å². The summed E-state index contributed by atoms with van der Waals surface area (Å²) in [6.45, 7) is 1.21. The van der Waals surface area contributed by atoms with Crippen LogP contribution in [-0.2, 0) is 9.59 Å². The molecule has 1 aromatic rings. The third-order valence-corrected chi connectivity index (χ3v) is 4.10. The summed E-state index contributed by atoms with van der Waals surface area (Å²) in [5, 5.41) is 30.5. The molecule has 27 heavy (non-hydrogen) atoms. The second kappa shape index (κ2) is 8.77. The molecule has 1 fully saturated rings. The molecular weight excluding hydrogens is 360 g/mol. The van der Waals surface area contributed by atoms with Crippen molar-refractivity contribution < 1.29 is 29.0 Å². The summed E-state index contributed by atoms with van der Waals surface area (Å²) in [6, 6.07) is -4.00. The molecule has 1 aromatic heterocycles. The number of hydrogen-bond acceptors (Lipinski definition) is 8. The third kappa shape index (κ3) is 6.18. The van der Waals surface area contributed by atoms with E-state index >= 15 is 0 Å². The highest BCUT2D eigenvalue weighted by atomic mass is 16.4. The normalized spacial score (nSPS) is 18.2. The van der Waals surface area contributed by atoms with E-state index < -0.39 is 42.1 Å². The van der Waals surface area contributed by atoms with Gasteiger partial charge in [0.05, 0.1) is 18.6 Å². The Morgan fingerprint density at radius 1 is 1.26 bits per heavy atom. The van der Waals surface area contributed by atoms with E-state index in [2.05, 4.69) is 20.8 Å². The highest BCUT2D eigenvalue weighted by molar-refractivity contribution is 5.83. The maximum atomic E-state index is 12.1. The molecular formula is C15H24N6O6. The molecule has 12 heteroatoms. The van der Waals surface area contributed by atoms with Crippen molar-refractivity contribution in [1.82, 2.24) is 20.8 Å². The first-order valence-electron chi connectivity index (χ1n) is 8.52. The van der Waals surface area contributed by atoms with E-state index in [0.717, 1.165) is 12.8 Å². The molecule has 2 rings (SSSR count). The Morgan fingerprint density at radius 2 is 1.89 bits per heavy atom. The maximum absolute atomic E-state index is 12.1. The SMILES string of the molecule is CC(O)[C@H](NC(=O)N[C@@H](CC(N)=O)c1nnc([C@H](N)CC2CC2)o1)C(=O)O. The molecule has 3 amide bonds. The first-order chi connectivity index (χ1) is 12.7. The molecule has 0 aromatic carbocycles. The van der Waals surface area contributed by atoms with Crippen molar-refractivity contribution in [3.8, 4) is 0 Å². The quantitative estimate of drug-likeness (QED) is 0.289. The number of aromatic nitrogens is 2. The fourth-order valence-corrected chi connectivity index (χ4v) is 2.48. The van der Waals surface area contributed by atoms with Crippen LogP contribution in [-0.4, -0.2) is 50.5 Å². The summed E-state index contributed by atoms with van der Waals surface area (Å²) < 4.78 is 5.47. The van der Waals surface area contributed by atoms with Gasteiger partial charge in [0.25, 0.3) is 0 Å². The van der Waals surface area contributed by atoms with E-state index in [1.54, 1.807) is 0 Å². The highest BCUT2D eigenvalue weighted by Gasteiger charge is 2.30. The lowest BCUT2D eigenvalue weighted by atomic mass is 10.1. The number of rotatable bonds is 10. The zero-order chi connectivity index (χ0) is 20.1. The van der Waals surface area contributed by atoms with Crippen LogP contribution in [0.3, 0.4) is 0 Å². The Morgan fingerprint density at radius 3 is 2.41 bits per heavy atom. The van der Waals surface area contributed by atoms with Crippen molar-refractivity contribution in [2.45, 2.75) is 56.8 Å². The van der Waals surface area contributed by atoms with Crippen molar-refractivity contribution >= 4 is 17.9 Å². The van der Waals surface area contributed by atoms with Crippen LogP contribution in [0.15, 0.2) is 4.42 Å². The Kier molecular flexibility index (Phi) is 6.69. The minimum atomic E-state index is -1.54. The topological polar surface area (TPSA) is 207 Å². The van der Waals surface area contributed by atoms with Crippen LogP contribution in [0.4, 0.5) is 4.79 Å². The van der Waals surface area contributed by atoms with Gasteiger partial charge in [-0.1, -0.05) is 12.8 Å². The molecule has 1 aliphatic rings. The second-order valence-corrected chi connectivity index (χ2v) is 6.66. The number of nitrogens with two attached hydrogens (primary N) is 2. The average Bonchev–Trinajstić information content (AvgIpc) is 3.23. The minimum Gasteiger partial charge on any atom is -0.480 e. The van der Waals surface area contributed by atoms with Crippen LogP contribution < -0.4 is 22.1 Å². The number of aliphatic carboxylic acids is 1. The Balaban J connectivity index is 2.05. The predicted molar refractivity (Wildman–Crippen MR) is 89.9 cm³/mol. The Hall–Kier alpha value is -2.73. The summed E-state index contributed by atoms with van der Waals surface area (Å²) in [5.41, 5.74) is 11.2. The molecule has 1 heterocycles. The van der Waals surface area contributed by atoms with Crippen LogP contribution >= 0.6 is 0 Å². The number of amides is 3. The number of carboxylic acids is 1. The zero-order valence-electron chi connectivity index (χ0n) is 14.8. The lowest BCUT2D eigenvalue weighted by Crippen LogP contribution is -2.52. The fourth-order valence-electron chi connectivity index (χ4n) is 2.48. The largest absolute Gasteiger partial charge is 0.480 e. The van der Waals surface area contributed by atoms with Crippen molar-refractivity contribution in [1.29, 1.82) is 0 Å². The summed E-state index contributed by atoms with van der Waals surface area (Å²) in [5.74, 6) is -1.52. The number of carboxylic acid groups (broad SMARTS) is 1. The first-order valence-corrected chi connectivity index (χ1v) is 8.52. The Bertz CT molecular complexity index is 688. The predicted octanol–water partition coefficient (Wildman–Crippen LogP) is -1.08. The molecule has 8 N–H and O–H groups in total. The van der Waals surface area contributed by atoms with Crippen molar-refractivity contribution in [3.05, 3.63) is 11.8 Å². The number of primary amides is 1. The fraction of sp³-hybridized carbons (Fsp3) is 0.667. The second-order valence-electron chi connectivity index (χ2n) is 6.66. The van der Waals surface area contributed by atoms with E-state index in [9.17, 15) is 19.5 Å². The van der Waals surface area contributed by atoms with Gasteiger partial charge in [0.15, 0.2) is 6.04 Å². The molecule has 0 saturated heterocycles. The number of nitrogens with zero attached hydrogens (tertiary/aromatic N) is 2. The smallest absolute Gasteiger partial charge is 0.328 e. The van der Waals surface area contributed by atoms with E-state index in [0.29, 0.717) is 12.3 Å². The molecule has 1 aliphatic carbocycles. The molecule has 150 valence electrons. The van der Waals surface area contributed by atoms with E-state index in [1.807, 2.05) is 0 Å². The first kappa shape index (κ1) is 20.6. The maximum Gasteiger partial charge on any atom is 0.328 e. The molecule has 0 radical (unpaired) electrons. The third-order valence-electron chi connectivity index (χ3n) is 4.10. The van der Waals surface area contributed by atoms with Crippen LogP contribution in [0, 0.1) is 5.92 Å². The Labute approximate surface area is 154 Å². The molecule has 4 atom stereocenters. The number of aliphatic hydroxyl groups is 1. The molecule has 0 spiro atoms. The minimum absolute atomic E-state index is 0.0749. The van der Waals surface area contributed by atoms with Gasteiger partial charge in [-0.15, -0.1) is 10.2 Å². The van der Waals surface area contributed by atoms with Gasteiger partial charge in [0, 0.05) is 0 Å². The lowest BCUT2D eigenvalue weighted by molar-refractivity contribution is -0.141. The van der Waals surface area contributed by atoms with Gasteiger partial charge in [-0.25, -0.2) is 9.59 Å². The van der Waals surface area contributed by atoms with E-state index in [1.165, 1.54) is 6.92 Å². The average molecular weight is 384 g/mol. The van der Waals surface area contributed by atoms with E-state index in [4.69, 9.17) is 21.0 Å². The highest BCUT2D eigenvalue weighted by Crippen LogP contribution is 2.36. The van der Waals surface area contributed by atoms with Gasteiger partial charge >= 0.3 is 12.0 Å². The molecule has 1 unspecified atom stereocenters. The lowest BCUT2D eigenvalue weighted by Gasteiger charge is -2.19. The number of nitrogens with one attached hydrogen (secondary N) is 2. The zero-order valence-corrected chi connectivity index (χ0v) is 14.8. The summed E-state index contributed by atoms with van der Waals surface area (Å²) in [7, 11) is 0. The number of aliphatic hydroxyl groups excluding tert-OH is 1. The van der Waals surface area contributed by atoms with Crippen LogP contribution in [0.2, 0.25) is 0 Å². The van der Waals surface area contributed by atoms with Gasteiger partial charge in [0.1, 0.15) is 6.04 Å². The van der Waals surface area contributed by atoms with Crippen LogP contribution in [0.5, 0.6) is 0 Å². The van der Waals surface area contributed by atoms with E-state index in [-0.39, 0.29) is 18.2 Å².